The van der Waals surface area contributed by atoms with Crippen molar-refractivity contribution in [2.75, 3.05) is 22.4 Å². The van der Waals surface area contributed by atoms with Crippen molar-refractivity contribution in [2.24, 2.45) is 5.92 Å². The summed E-state index contributed by atoms with van der Waals surface area (Å²) in [6.07, 6.45) is 1.08. The summed E-state index contributed by atoms with van der Waals surface area (Å²) in [5, 5.41) is 5.56. The Morgan fingerprint density at radius 3 is 2.29 bits per heavy atom. The molecule has 2 amide bonds. The number of aryl methyl sites for hydroxylation is 2. The van der Waals surface area contributed by atoms with Crippen molar-refractivity contribution in [3.05, 3.63) is 59.2 Å². The molecule has 0 unspecified atom stereocenters. The van der Waals surface area contributed by atoms with E-state index in [1.54, 1.807) is 37.3 Å². The number of nitrogens with one attached hydrogen (secondary N) is 2. The molecule has 7 nitrogen and oxygen atoms in total. The molecule has 2 aromatic carbocycles. The Kier molecular flexibility index (Phi) is 7.84. The second kappa shape index (κ2) is 9.96. The van der Waals surface area contributed by atoms with Crippen molar-refractivity contribution < 1.29 is 18.0 Å². The van der Waals surface area contributed by atoms with E-state index in [0.717, 1.165) is 21.7 Å². The van der Waals surface area contributed by atoms with E-state index in [-0.39, 0.29) is 11.8 Å². The minimum atomic E-state index is -3.75. The molecule has 0 aliphatic heterocycles. The lowest BCUT2D eigenvalue weighted by atomic mass is 10.1. The van der Waals surface area contributed by atoms with Crippen LogP contribution in [-0.4, -0.2) is 39.1 Å². The number of carbonyl (C=O) groups is 2. The highest BCUT2D eigenvalue weighted by atomic mass is 32.2. The predicted molar refractivity (Wildman–Crippen MR) is 125 cm³/mol. The third-order valence-corrected chi connectivity index (χ3v) is 6.02. The van der Waals surface area contributed by atoms with Gasteiger partial charge in [-0.05, 0) is 56.0 Å². The number of amides is 2. The van der Waals surface area contributed by atoms with Crippen LogP contribution in [0.3, 0.4) is 0 Å². The van der Waals surface area contributed by atoms with Gasteiger partial charge in [0.05, 0.1) is 23.2 Å². The van der Waals surface area contributed by atoms with Gasteiger partial charge in [-0.15, -0.1) is 0 Å². The average molecular weight is 446 g/mol. The first-order valence-corrected chi connectivity index (χ1v) is 12.0. The molecule has 0 fully saturated rings. The van der Waals surface area contributed by atoms with E-state index in [0.29, 0.717) is 23.5 Å². The van der Waals surface area contributed by atoms with E-state index in [2.05, 4.69) is 10.6 Å². The average Bonchev–Trinajstić information content (AvgIpc) is 2.68. The standard InChI is InChI=1S/C23H31N3O4S/c1-15(2)14-24-23(28)19-9-7-8-10-20(19)25-22(27)18(5)26(31(6,29)30)21-13-16(3)11-12-17(21)4/h7-13,15,18H,14H2,1-6H3,(H,24,28)(H,25,27)/t18-/m1/s1. The van der Waals surface area contributed by atoms with Gasteiger partial charge >= 0.3 is 0 Å². The van der Waals surface area contributed by atoms with Crippen molar-refractivity contribution in [3.8, 4) is 0 Å². The molecule has 1 atom stereocenters. The zero-order chi connectivity index (χ0) is 23.3. The maximum atomic E-state index is 13.1. The van der Waals surface area contributed by atoms with Crippen LogP contribution in [0.25, 0.3) is 0 Å². The lowest BCUT2D eigenvalue weighted by molar-refractivity contribution is -0.116. The van der Waals surface area contributed by atoms with Crippen LogP contribution >= 0.6 is 0 Å². The SMILES string of the molecule is Cc1ccc(C)c(N([C@H](C)C(=O)Nc2ccccc2C(=O)NCC(C)C)S(C)(=O)=O)c1. The number of para-hydroxylation sites is 1. The molecule has 0 bridgehead atoms. The molecule has 2 N–H and O–H groups in total. The molecule has 0 aromatic heterocycles. The molecular weight excluding hydrogens is 414 g/mol. The lowest BCUT2D eigenvalue weighted by Gasteiger charge is -2.30. The Labute approximate surface area is 184 Å². The summed E-state index contributed by atoms with van der Waals surface area (Å²) < 4.78 is 26.3. The van der Waals surface area contributed by atoms with Crippen LogP contribution < -0.4 is 14.9 Å². The van der Waals surface area contributed by atoms with E-state index in [1.165, 1.54) is 6.92 Å². The maximum Gasteiger partial charge on any atom is 0.253 e. The monoisotopic (exact) mass is 445 g/mol. The second-order valence-corrected chi connectivity index (χ2v) is 10.0. The van der Waals surface area contributed by atoms with Gasteiger partial charge in [-0.1, -0.05) is 38.1 Å². The molecule has 31 heavy (non-hydrogen) atoms. The molecule has 0 saturated carbocycles. The fourth-order valence-electron chi connectivity index (χ4n) is 3.16. The van der Waals surface area contributed by atoms with Gasteiger partial charge < -0.3 is 10.6 Å². The maximum absolute atomic E-state index is 13.1. The minimum Gasteiger partial charge on any atom is -0.352 e. The normalized spacial score (nSPS) is 12.4. The highest BCUT2D eigenvalue weighted by molar-refractivity contribution is 7.92. The third kappa shape index (κ3) is 6.30. The van der Waals surface area contributed by atoms with Gasteiger partial charge in [-0.3, -0.25) is 13.9 Å². The summed E-state index contributed by atoms with van der Waals surface area (Å²) >= 11 is 0. The topological polar surface area (TPSA) is 95.6 Å². The van der Waals surface area contributed by atoms with Crippen LogP contribution in [0.15, 0.2) is 42.5 Å². The smallest absolute Gasteiger partial charge is 0.253 e. The first-order chi connectivity index (χ1) is 14.4. The fraction of sp³-hybridized carbons (Fsp3) is 0.391. The van der Waals surface area contributed by atoms with Gasteiger partial charge in [0.2, 0.25) is 15.9 Å². The van der Waals surface area contributed by atoms with Gasteiger partial charge in [0.1, 0.15) is 6.04 Å². The first kappa shape index (κ1) is 24.4. The van der Waals surface area contributed by atoms with E-state index >= 15 is 0 Å². The Bertz CT molecular complexity index is 1060. The highest BCUT2D eigenvalue weighted by Gasteiger charge is 2.30. The summed E-state index contributed by atoms with van der Waals surface area (Å²) in [6.45, 7) is 9.67. The van der Waals surface area contributed by atoms with Crippen molar-refractivity contribution in [1.29, 1.82) is 0 Å². The van der Waals surface area contributed by atoms with Crippen LogP contribution in [0.5, 0.6) is 0 Å². The largest absolute Gasteiger partial charge is 0.352 e. The molecule has 168 valence electrons. The predicted octanol–water partition coefficient (Wildman–Crippen LogP) is 3.48. The molecule has 0 aliphatic carbocycles. The molecule has 2 rings (SSSR count). The fourth-order valence-corrected chi connectivity index (χ4v) is 4.38. The zero-order valence-corrected chi connectivity index (χ0v) is 19.7. The van der Waals surface area contributed by atoms with Crippen molar-refractivity contribution in [2.45, 2.75) is 40.7 Å². The zero-order valence-electron chi connectivity index (χ0n) is 18.9. The summed E-state index contributed by atoms with van der Waals surface area (Å²) in [5.41, 5.74) is 2.72. The lowest BCUT2D eigenvalue weighted by Crippen LogP contribution is -2.46. The molecule has 0 heterocycles. The molecule has 8 heteroatoms. The number of rotatable bonds is 8. The first-order valence-electron chi connectivity index (χ1n) is 10.2. The van der Waals surface area contributed by atoms with Gasteiger partial charge in [-0.2, -0.15) is 0 Å². The quantitative estimate of drug-likeness (QED) is 0.650. The van der Waals surface area contributed by atoms with Crippen molar-refractivity contribution in [1.82, 2.24) is 5.32 Å². The molecule has 2 aromatic rings. The summed E-state index contributed by atoms with van der Waals surface area (Å²) in [5.74, 6) is -0.547. The summed E-state index contributed by atoms with van der Waals surface area (Å²) in [6, 6.07) is 11.1. The molecule has 0 spiro atoms. The van der Waals surface area contributed by atoms with Crippen LogP contribution in [0.1, 0.15) is 42.3 Å². The number of carbonyl (C=O) groups excluding carboxylic acids is 2. The molecule has 0 radical (unpaired) electrons. The Hall–Kier alpha value is -2.87. The van der Waals surface area contributed by atoms with Gasteiger partial charge in [0, 0.05) is 6.54 Å². The number of nitrogens with zero attached hydrogens (tertiary/aromatic N) is 1. The second-order valence-electron chi connectivity index (χ2n) is 8.16. The van der Waals surface area contributed by atoms with Gasteiger partial charge in [0.15, 0.2) is 0 Å². The van der Waals surface area contributed by atoms with Gasteiger partial charge in [-0.25, -0.2) is 8.42 Å². The van der Waals surface area contributed by atoms with E-state index < -0.39 is 22.0 Å². The number of hydrogen-bond donors (Lipinski definition) is 2. The number of hydrogen-bond acceptors (Lipinski definition) is 4. The Morgan fingerprint density at radius 1 is 1.03 bits per heavy atom. The number of anilines is 2. The van der Waals surface area contributed by atoms with Crippen molar-refractivity contribution >= 4 is 33.2 Å². The molecule has 0 saturated heterocycles. The Morgan fingerprint density at radius 2 is 1.68 bits per heavy atom. The molecular formula is C23H31N3O4S. The Balaban J connectivity index is 2.34. The molecule has 0 aliphatic rings. The van der Waals surface area contributed by atoms with E-state index in [9.17, 15) is 18.0 Å². The third-order valence-electron chi connectivity index (χ3n) is 4.79. The number of sulfonamides is 1. The van der Waals surface area contributed by atoms with E-state index in [4.69, 9.17) is 0 Å². The van der Waals surface area contributed by atoms with Crippen molar-refractivity contribution in [3.63, 3.8) is 0 Å². The van der Waals surface area contributed by atoms with Crippen LogP contribution in [-0.2, 0) is 14.8 Å². The number of benzene rings is 2. The van der Waals surface area contributed by atoms with Gasteiger partial charge in [0.25, 0.3) is 5.91 Å². The van der Waals surface area contributed by atoms with Crippen LogP contribution in [0.4, 0.5) is 11.4 Å². The minimum absolute atomic E-state index is 0.284. The van der Waals surface area contributed by atoms with E-state index in [1.807, 2.05) is 32.9 Å². The van der Waals surface area contributed by atoms with Crippen LogP contribution in [0, 0.1) is 19.8 Å². The summed E-state index contributed by atoms with van der Waals surface area (Å²) in [7, 11) is -3.75. The summed E-state index contributed by atoms with van der Waals surface area (Å²) in [4.78, 5) is 25.6. The van der Waals surface area contributed by atoms with Crippen LogP contribution in [0.2, 0.25) is 0 Å². The highest BCUT2D eigenvalue weighted by Crippen LogP contribution is 2.27.